The van der Waals surface area contributed by atoms with Crippen molar-refractivity contribution in [3.63, 3.8) is 0 Å². The molecule has 2 aromatic rings. The average molecular weight is 278 g/mol. The third-order valence-corrected chi connectivity index (χ3v) is 4.63. The van der Waals surface area contributed by atoms with E-state index in [9.17, 15) is 0 Å². The standard InChI is InChI=1S/C15H20ClN3/c1-3-15(6-4-7-15)19-13(5-8-16)18-12-9-11(2)10-17-14(12)19/h9-10H,3-8H2,1-2H3. The van der Waals surface area contributed by atoms with Crippen LogP contribution in [0.15, 0.2) is 12.3 Å². The smallest absolute Gasteiger partial charge is 0.160 e. The second-order valence-electron chi connectivity index (χ2n) is 5.59. The lowest BCUT2D eigenvalue weighted by Crippen LogP contribution is -2.41. The molecule has 0 N–H and O–H groups in total. The van der Waals surface area contributed by atoms with Crippen LogP contribution < -0.4 is 0 Å². The minimum absolute atomic E-state index is 0.235. The number of nitrogens with zero attached hydrogens (tertiary/aromatic N) is 3. The Hall–Kier alpha value is -1.09. The van der Waals surface area contributed by atoms with Gasteiger partial charge < -0.3 is 4.57 Å². The number of hydrogen-bond acceptors (Lipinski definition) is 2. The Balaban J connectivity index is 2.21. The van der Waals surface area contributed by atoms with Gasteiger partial charge in [-0.15, -0.1) is 11.6 Å². The van der Waals surface area contributed by atoms with Crippen molar-refractivity contribution in [3.8, 4) is 0 Å². The van der Waals surface area contributed by atoms with Gasteiger partial charge in [0.1, 0.15) is 11.3 Å². The summed E-state index contributed by atoms with van der Waals surface area (Å²) in [7, 11) is 0. The van der Waals surface area contributed by atoms with Crippen molar-refractivity contribution in [1.29, 1.82) is 0 Å². The van der Waals surface area contributed by atoms with E-state index in [2.05, 4.69) is 29.5 Å². The van der Waals surface area contributed by atoms with E-state index in [1.54, 1.807) is 0 Å². The molecule has 0 radical (unpaired) electrons. The first-order valence-corrected chi connectivity index (χ1v) is 7.64. The molecule has 0 aliphatic heterocycles. The molecule has 0 amide bonds. The highest BCUT2D eigenvalue weighted by molar-refractivity contribution is 6.17. The highest BCUT2D eigenvalue weighted by Gasteiger charge is 2.39. The maximum absolute atomic E-state index is 5.95. The zero-order valence-electron chi connectivity index (χ0n) is 11.6. The summed E-state index contributed by atoms with van der Waals surface area (Å²) in [5, 5.41) is 0. The number of alkyl halides is 1. The molecular formula is C15H20ClN3. The van der Waals surface area contributed by atoms with E-state index < -0.39 is 0 Å². The van der Waals surface area contributed by atoms with Crippen molar-refractivity contribution in [1.82, 2.24) is 14.5 Å². The van der Waals surface area contributed by atoms with Gasteiger partial charge >= 0.3 is 0 Å². The lowest BCUT2D eigenvalue weighted by Gasteiger charge is -2.43. The summed E-state index contributed by atoms with van der Waals surface area (Å²) in [6.07, 6.45) is 7.67. The fourth-order valence-corrected chi connectivity index (χ4v) is 3.35. The van der Waals surface area contributed by atoms with E-state index in [1.165, 1.54) is 19.3 Å². The van der Waals surface area contributed by atoms with Gasteiger partial charge in [-0.1, -0.05) is 6.92 Å². The molecule has 1 saturated carbocycles. The van der Waals surface area contributed by atoms with Crippen molar-refractivity contribution in [3.05, 3.63) is 23.7 Å². The number of pyridine rings is 1. The molecule has 19 heavy (non-hydrogen) atoms. The first-order chi connectivity index (χ1) is 9.20. The van der Waals surface area contributed by atoms with Crippen LogP contribution in [0.2, 0.25) is 0 Å². The molecule has 0 saturated heterocycles. The van der Waals surface area contributed by atoms with Gasteiger partial charge in [0.25, 0.3) is 0 Å². The van der Waals surface area contributed by atoms with Crippen LogP contribution in [-0.2, 0) is 12.0 Å². The minimum Gasteiger partial charge on any atom is -0.306 e. The van der Waals surface area contributed by atoms with Crippen LogP contribution in [0, 0.1) is 6.92 Å². The van der Waals surface area contributed by atoms with Gasteiger partial charge in [0.05, 0.1) is 0 Å². The van der Waals surface area contributed by atoms with E-state index in [0.717, 1.165) is 35.4 Å². The Morgan fingerprint density at radius 2 is 2.21 bits per heavy atom. The zero-order valence-corrected chi connectivity index (χ0v) is 12.4. The molecule has 4 heteroatoms. The molecule has 1 fully saturated rings. The summed E-state index contributed by atoms with van der Waals surface area (Å²) >= 11 is 5.95. The molecule has 1 aliphatic rings. The second kappa shape index (κ2) is 4.78. The first kappa shape index (κ1) is 12.9. The van der Waals surface area contributed by atoms with Crippen LogP contribution in [-0.4, -0.2) is 20.4 Å². The molecule has 102 valence electrons. The summed E-state index contributed by atoms with van der Waals surface area (Å²) in [6, 6.07) is 2.12. The van der Waals surface area contributed by atoms with Crippen molar-refractivity contribution < 1.29 is 0 Å². The van der Waals surface area contributed by atoms with Gasteiger partial charge in [-0.05, 0) is 44.2 Å². The number of imidazole rings is 1. The Labute approximate surface area is 119 Å². The molecule has 2 heterocycles. The third kappa shape index (κ3) is 1.95. The molecule has 0 bridgehead atoms. The van der Waals surface area contributed by atoms with Gasteiger partial charge in [0, 0.05) is 24.0 Å². The molecule has 2 aromatic heterocycles. The predicted molar refractivity (Wildman–Crippen MR) is 78.8 cm³/mol. The lowest BCUT2D eigenvalue weighted by atomic mass is 9.74. The van der Waals surface area contributed by atoms with E-state index in [0.29, 0.717) is 5.88 Å². The van der Waals surface area contributed by atoms with Crippen LogP contribution >= 0.6 is 11.6 Å². The van der Waals surface area contributed by atoms with E-state index in [4.69, 9.17) is 16.6 Å². The molecule has 0 unspecified atom stereocenters. The maximum atomic E-state index is 5.95. The fraction of sp³-hybridized carbons (Fsp3) is 0.600. The zero-order chi connectivity index (χ0) is 13.5. The van der Waals surface area contributed by atoms with Crippen molar-refractivity contribution in [2.24, 2.45) is 0 Å². The molecule has 1 aliphatic carbocycles. The van der Waals surface area contributed by atoms with Gasteiger partial charge in [-0.3, -0.25) is 0 Å². The van der Waals surface area contributed by atoms with Crippen LogP contribution in [0.4, 0.5) is 0 Å². The Morgan fingerprint density at radius 1 is 1.42 bits per heavy atom. The van der Waals surface area contributed by atoms with Crippen molar-refractivity contribution in [2.75, 3.05) is 5.88 Å². The van der Waals surface area contributed by atoms with Gasteiger partial charge in [0.2, 0.25) is 0 Å². The summed E-state index contributed by atoms with van der Waals surface area (Å²) in [5.74, 6) is 1.71. The van der Waals surface area contributed by atoms with Gasteiger partial charge in [0.15, 0.2) is 5.65 Å². The first-order valence-electron chi connectivity index (χ1n) is 7.10. The highest BCUT2D eigenvalue weighted by atomic mass is 35.5. The third-order valence-electron chi connectivity index (χ3n) is 4.44. The number of aryl methyl sites for hydroxylation is 2. The van der Waals surface area contributed by atoms with Crippen LogP contribution in [0.3, 0.4) is 0 Å². The summed E-state index contributed by atoms with van der Waals surface area (Å²) < 4.78 is 2.38. The normalized spacial score (nSPS) is 17.6. The highest BCUT2D eigenvalue weighted by Crippen LogP contribution is 2.44. The Kier molecular flexibility index (Phi) is 3.25. The lowest BCUT2D eigenvalue weighted by molar-refractivity contribution is 0.137. The Morgan fingerprint density at radius 3 is 2.79 bits per heavy atom. The number of aromatic nitrogens is 3. The Bertz CT molecular complexity index is 593. The number of halogens is 1. The van der Waals surface area contributed by atoms with E-state index in [-0.39, 0.29) is 5.54 Å². The van der Waals surface area contributed by atoms with Crippen LogP contribution in [0.5, 0.6) is 0 Å². The molecule has 3 nitrogen and oxygen atoms in total. The largest absolute Gasteiger partial charge is 0.306 e. The van der Waals surface area contributed by atoms with Crippen molar-refractivity contribution in [2.45, 2.75) is 51.5 Å². The van der Waals surface area contributed by atoms with E-state index >= 15 is 0 Å². The minimum atomic E-state index is 0.235. The van der Waals surface area contributed by atoms with Gasteiger partial charge in [-0.25, -0.2) is 9.97 Å². The quantitative estimate of drug-likeness (QED) is 0.796. The predicted octanol–water partition coefficient (Wildman–Crippen LogP) is 3.81. The molecule has 0 aromatic carbocycles. The second-order valence-corrected chi connectivity index (χ2v) is 5.97. The number of fused-ring (bicyclic) bond motifs is 1. The maximum Gasteiger partial charge on any atom is 0.160 e. The van der Waals surface area contributed by atoms with Crippen molar-refractivity contribution >= 4 is 22.8 Å². The monoisotopic (exact) mass is 277 g/mol. The topological polar surface area (TPSA) is 30.7 Å². The molecule has 3 rings (SSSR count). The number of rotatable bonds is 4. The van der Waals surface area contributed by atoms with Crippen LogP contribution in [0.1, 0.15) is 44.0 Å². The van der Waals surface area contributed by atoms with Crippen LogP contribution in [0.25, 0.3) is 11.2 Å². The summed E-state index contributed by atoms with van der Waals surface area (Å²) in [6.45, 7) is 4.33. The SMILES string of the molecule is CCC1(n2c(CCCl)nc3cc(C)cnc32)CCC1. The molecular weight excluding hydrogens is 258 g/mol. The molecule has 0 atom stereocenters. The number of hydrogen-bond donors (Lipinski definition) is 0. The van der Waals surface area contributed by atoms with E-state index in [1.807, 2.05) is 6.20 Å². The van der Waals surface area contributed by atoms with Gasteiger partial charge in [-0.2, -0.15) is 0 Å². The summed E-state index contributed by atoms with van der Waals surface area (Å²) in [5.41, 5.74) is 3.44. The average Bonchev–Trinajstić information content (AvgIpc) is 2.68. The molecule has 0 spiro atoms. The fourth-order valence-electron chi connectivity index (χ4n) is 3.18. The summed E-state index contributed by atoms with van der Waals surface area (Å²) in [4.78, 5) is 9.41.